The van der Waals surface area contributed by atoms with Gasteiger partial charge >= 0.3 is 0 Å². The predicted molar refractivity (Wildman–Crippen MR) is 59.7 cm³/mol. The monoisotopic (exact) mass is 218 g/mol. The van der Waals surface area contributed by atoms with Crippen LogP contribution >= 0.6 is 0 Å². The van der Waals surface area contributed by atoms with Crippen LogP contribution in [0.2, 0.25) is 0 Å². The summed E-state index contributed by atoms with van der Waals surface area (Å²) in [5.41, 5.74) is 0. The number of rotatable bonds is 4. The summed E-state index contributed by atoms with van der Waals surface area (Å²) >= 11 is 0. The Kier molecular flexibility index (Phi) is 3.90. The van der Waals surface area contributed by atoms with E-state index in [0.29, 0.717) is 0 Å². The van der Waals surface area contributed by atoms with Crippen LogP contribution in [0.3, 0.4) is 0 Å². The molecule has 6 heteroatoms. The Morgan fingerprint density at radius 3 is 2.44 bits per heavy atom. The molecule has 0 aromatic carbocycles. The highest BCUT2D eigenvalue weighted by atomic mass is 16.2. The number of anilines is 2. The molecule has 1 aromatic heterocycles. The Morgan fingerprint density at radius 2 is 1.81 bits per heavy atom. The van der Waals surface area contributed by atoms with Gasteiger partial charge in [-0.3, -0.25) is 14.9 Å². The highest BCUT2D eigenvalue weighted by molar-refractivity contribution is 5.99. The van der Waals surface area contributed by atoms with Gasteiger partial charge in [0.2, 0.25) is 17.8 Å². The van der Waals surface area contributed by atoms with Crippen molar-refractivity contribution in [3.05, 3.63) is 37.6 Å². The molecule has 0 bridgehead atoms. The summed E-state index contributed by atoms with van der Waals surface area (Å²) in [6.45, 7) is 6.59. The van der Waals surface area contributed by atoms with E-state index < -0.39 is 5.91 Å². The molecule has 0 saturated carbocycles. The first-order chi connectivity index (χ1) is 7.65. The van der Waals surface area contributed by atoms with Gasteiger partial charge in [0, 0.05) is 6.20 Å². The molecule has 2 amide bonds. The summed E-state index contributed by atoms with van der Waals surface area (Å²) in [5, 5.41) is 4.80. The van der Waals surface area contributed by atoms with Crippen LogP contribution in [0, 0.1) is 0 Å². The molecule has 6 nitrogen and oxygen atoms in total. The smallest absolute Gasteiger partial charge is 0.250 e. The van der Waals surface area contributed by atoms with Gasteiger partial charge in [0.15, 0.2) is 0 Å². The van der Waals surface area contributed by atoms with Crippen LogP contribution in [-0.2, 0) is 9.59 Å². The molecule has 2 N–H and O–H groups in total. The van der Waals surface area contributed by atoms with Crippen molar-refractivity contribution in [1.82, 2.24) is 9.97 Å². The van der Waals surface area contributed by atoms with Gasteiger partial charge in [-0.05, 0) is 18.2 Å². The van der Waals surface area contributed by atoms with E-state index in [4.69, 9.17) is 0 Å². The van der Waals surface area contributed by atoms with Crippen molar-refractivity contribution in [3.8, 4) is 0 Å². The predicted octanol–water partition coefficient (Wildman–Crippen LogP) is 0.726. The molecular formula is C10H10N4O2. The summed E-state index contributed by atoms with van der Waals surface area (Å²) in [4.78, 5) is 29.6. The molecule has 82 valence electrons. The van der Waals surface area contributed by atoms with Gasteiger partial charge in [-0.25, -0.2) is 4.98 Å². The summed E-state index contributed by atoms with van der Waals surface area (Å²) in [7, 11) is 0. The van der Waals surface area contributed by atoms with Gasteiger partial charge in [0.05, 0.1) is 0 Å². The average molecular weight is 218 g/mol. The number of nitrogens with zero attached hydrogens (tertiary/aromatic N) is 2. The Balaban J connectivity index is 2.78. The fraction of sp³-hybridized carbons (Fsp3) is 0. The van der Waals surface area contributed by atoms with Gasteiger partial charge in [0.1, 0.15) is 5.82 Å². The van der Waals surface area contributed by atoms with Crippen molar-refractivity contribution in [3.63, 3.8) is 0 Å². The maximum absolute atomic E-state index is 11.0. The molecule has 0 fully saturated rings. The maximum Gasteiger partial charge on any atom is 0.250 e. The highest BCUT2D eigenvalue weighted by Gasteiger charge is 2.03. The van der Waals surface area contributed by atoms with Crippen LogP contribution in [0.1, 0.15) is 0 Å². The first kappa shape index (κ1) is 11.6. The largest absolute Gasteiger partial charge is 0.307 e. The molecular weight excluding hydrogens is 208 g/mol. The van der Waals surface area contributed by atoms with E-state index in [1.165, 1.54) is 12.3 Å². The van der Waals surface area contributed by atoms with Crippen LogP contribution in [-0.4, -0.2) is 21.8 Å². The molecule has 0 atom stereocenters. The third-order valence-electron chi connectivity index (χ3n) is 1.51. The Morgan fingerprint density at radius 1 is 1.19 bits per heavy atom. The quantitative estimate of drug-likeness (QED) is 0.729. The number of nitrogens with one attached hydrogen (secondary N) is 2. The molecule has 0 aliphatic heterocycles. The molecule has 0 unspecified atom stereocenters. The van der Waals surface area contributed by atoms with Crippen molar-refractivity contribution in [1.29, 1.82) is 0 Å². The lowest BCUT2D eigenvalue weighted by Crippen LogP contribution is -2.13. The maximum atomic E-state index is 11.0. The summed E-state index contributed by atoms with van der Waals surface area (Å²) in [5.74, 6) is -0.446. The molecule has 0 aliphatic rings. The normalized spacial score (nSPS) is 9.00. The molecule has 1 heterocycles. The molecule has 0 radical (unpaired) electrons. The van der Waals surface area contributed by atoms with E-state index in [2.05, 4.69) is 33.8 Å². The standard InChI is InChI=1S/C10H10N4O2/c1-3-8(15)12-7-5-6-11-10(13-7)14-9(16)4-2/h3-6H,1-2H2,(H2,11,12,13,14,15,16). The van der Waals surface area contributed by atoms with Crippen LogP contribution in [0.5, 0.6) is 0 Å². The van der Waals surface area contributed by atoms with Crippen molar-refractivity contribution in [2.24, 2.45) is 0 Å². The van der Waals surface area contributed by atoms with Crippen LogP contribution in [0.15, 0.2) is 37.6 Å². The molecule has 0 spiro atoms. The van der Waals surface area contributed by atoms with Crippen molar-refractivity contribution in [2.45, 2.75) is 0 Å². The second kappa shape index (κ2) is 5.40. The number of carbonyl (C=O) groups excluding carboxylic acids is 2. The lowest BCUT2D eigenvalue weighted by atomic mass is 10.5. The number of carbonyl (C=O) groups is 2. The molecule has 0 aliphatic carbocycles. The van der Waals surface area contributed by atoms with Gasteiger partial charge < -0.3 is 5.32 Å². The topological polar surface area (TPSA) is 84.0 Å². The van der Waals surface area contributed by atoms with Crippen molar-refractivity contribution in [2.75, 3.05) is 10.6 Å². The number of aromatic nitrogens is 2. The first-order valence-corrected chi connectivity index (χ1v) is 4.35. The Bertz CT molecular complexity index is 405. The minimum absolute atomic E-state index is 0.0896. The Hall–Kier alpha value is -2.50. The lowest BCUT2D eigenvalue weighted by Gasteiger charge is -2.03. The van der Waals surface area contributed by atoms with Gasteiger partial charge in [0.25, 0.3) is 0 Å². The number of amides is 2. The number of hydrogen-bond acceptors (Lipinski definition) is 4. The van der Waals surface area contributed by atoms with E-state index in [9.17, 15) is 9.59 Å². The van der Waals surface area contributed by atoms with E-state index >= 15 is 0 Å². The summed E-state index contributed by atoms with van der Waals surface area (Å²) < 4.78 is 0. The van der Waals surface area contributed by atoms with E-state index in [1.807, 2.05) is 0 Å². The fourth-order valence-electron chi connectivity index (χ4n) is 0.827. The van der Waals surface area contributed by atoms with E-state index in [-0.39, 0.29) is 17.7 Å². The zero-order valence-electron chi connectivity index (χ0n) is 8.43. The van der Waals surface area contributed by atoms with Crippen LogP contribution < -0.4 is 10.6 Å². The first-order valence-electron chi connectivity index (χ1n) is 4.35. The molecule has 16 heavy (non-hydrogen) atoms. The summed E-state index contributed by atoms with van der Waals surface area (Å²) in [6, 6.07) is 1.49. The lowest BCUT2D eigenvalue weighted by molar-refractivity contribution is -0.112. The zero-order valence-corrected chi connectivity index (χ0v) is 8.43. The Labute approximate surface area is 92.1 Å². The summed E-state index contributed by atoms with van der Waals surface area (Å²) in [6.07, 6.45) is 3.62. The minimum atomic E-state index is -0.424. The molecule has 1 rings (SSSR count). The fourth-order valence-corrected chi connectivity index (χ4v) is 0.827. The zero-order chi connectivity index (χ0) is 12.0. The van der Waals surface area contributed by atoms with Gasteiger partial charge in [-0.2, -0.15) is 4.98 Å². The second-order valence-corrected chi connectivity index (χ2v) is 2.65. The number of hydrogen-bond donors (Lipinski definition) is 2. The molecule has 0 saturated heterocycles. The van der Waals surface area contributed by atoms with Crippen LogP contribution in [0.4, 0.5) is 11.8 Å². The van der Waals surface area contributed by atoms with E-state index in [0.717, 1.165) is 12.2 Å². The third kappa shape index (κ3) is 3.33. The average Bonchev–Trinajstić information content (AvgIpc) is 2.29. The van der Waals surface area contributed by atoms with Crippen LogP contribution in [0.25, 0.3) is 0 Å². The SMILES string of the molecule is C=CC(=O)Nc1ccnc(NC(=O)C=C)n1. The van der Waals surface area contributed by atoms with Crippen molar-refractivity contribution < 1.29 is 9.59 Å². The highest BCUT2D eigenvalue weighted by Crippen LogP contribution is 2.05. The van der Waals surface area contributed by atoms with Crippen molar-refractivity contribution >= 4 is 23.6 Å². The minimum Gasteiger partial charge on any atom is -0.307 e. The van der Waals surface area contributed by atoms with E-state index in [1.54, 1.807) is 0 Å². The van der Waals surface area contributed by atoms with Gasteiger partial charge in [-0.15, -0.1) is 0 Å². The third-order valence-corrected chi connectivity index (χ3v) is 1.51. The molecule has 1 aromatic rings. The second-order valence-electron chi connectivity index (χ2n) is 2.65. The van der Waals surface area contributed by atoms with Gasteiger partial charge in [-0.1, -0.05) is 13.2 Å².